The van der Waals surface area contributed by atoms with Crippen molar-refractivity contribution < 1.29 is 9.18 Å². The number of halogens is 1. The maximum atomic E-state index is 13.0. The Labute approximate surface area is 169 Å². The molecular weight excluding hydrogens is 367 g/mol. The molecule has 148 valence electrons. The van der Waals surface area contributed by atoms with E-state index in [1.165, 1.54) is 12.1 Å². The number of nitrogens with zero attached hydrogens (tertiary/aromatic N) is 3. The summed E-state index contributed by atoms with van der Waals surface area (Å²) in [6.45, 7) is 3.49. The maximum Gasteiger partial charge on any atom is 0.229 e. The first-order chi connectivity index (χ1) is 14.1. The first-order valence-electron chi connectivity index (χ1n) is 9.81. The van der Waals surface area contributed by atoms with Gasteiger partial charge < -0.3 is 10.2 Å². The normalized spacial score (nSPS) is 16.5. The summed E-state index contributed by atoms with van der Waals surface area (Å²) in [5, 5.41) is 11.7. The molecule has 29 heavy (non-hydrogen) atoms. The molecular formula is C23H23FN4O. The lowest BCUT2D eigenvalue weighted by Gasteiger charge is -2.32. The first-order valence-corrected chi connectivity index (χ1v) is 9.81. The molecule has 2 aromatic carbocycles. The molecule has 2 heterocycles. The smallest absolute Gasteiger partial charge is 0.229 e. The minimum Gasteiger partial charge on any atom is -0.354 e. The number of piperidine rings is 1. The van der Waals surface area contributed by atoms with Crippen molar-refractivity contribution in [2.75, 3.05) is 23.3 Å². The highest BCUT2D eigenvalue weighted by Crippen LogP contribution is 2.25. The Hall–Kier alpha value is -3.28. The number of rotatable bonds is 4. The van der Waals surface area contributed by atoms with Crippen LogP contribution in [0.2, 0.25) is 0 Å². The fourth-order valence-corrected chi connectivity index (χ4v) is 3.67. The minimum absolute atomic E-state index is 0.0502. The van der Waals surface area contributed by atoms with Gasteiger partial charge in [-0.2, -0.15) is 0 Å². The van der Waals surface area contributed by atoms with Gasteiger partial charge in [0.25, 0.3) is 0 Å². The summed E-state index contributed by atoms with van der Waals surface area (Å²) < 4.78 is 13.0. The SMILES string of the molecule is Cc1ccccc1-c1ccc(N2CCC[C@H](C(=O)Nc3ccc(F)cc3)C2)nn1. The topological polar surface area (TPSA) is 58.1 Å². The zero-order valence-corrected chi connectivity index (χ0v) is 16.3. The van der Waals surface area contributed by atoms with Gasteiger partial charge in [0.15, 0.2) is 5.82 Å². The molecule has 1 aliphatic heterocycles. The molecule has 1 fully saturated rings. The molecule has 1 amide bonds. The third-order valence-corrected chi connectivity index (χ3v) is 5.30. The highest BCUT2D eigenvalue weighted by Gasteiger charge is 2.27. The van der Waals surface area contributed by atoms with Crippen LogP contribution in [-0.2, 0) is 4.79 Å². The van der Waals surface area contributed by atoms with Gasteiger partial charge >= 0.3 is 0 Å². The van der Waals surface area contributed by atoms with Gasteiger partial charge in [-0.05, 0) is 61.7 Å². The summed E-state index contributed by atoms with van der Waals surface area (Å²) in [7, 11) is 0. The summed E-state index contributed by atoms with van der Waals surface area (Å²) in [6, 6.07) is 17.9. The van der Waals surface area contributed by atoms with Crippen molar-refractivity contribution in [1.82, 2.24) is 10.2 Å². The summed E-state index contributed by atoms with van der Waals surface area (Å²) in [4.78, 5) is 14.7. The number of hydrogen-bond donors (Lipinski definition) is 1. The Balaban J connectivity index is 1.43. The second kappa shape index (κ2) is 8.39. The van der Waals surface area contributed by atoms with Gasteiger partial charge in [0.05, 0.1) is 11.6 Å². The molecule has 4 rings (SSSR count). The fourth-order valence-electron chi connectivity index (χ4n) is 3.67. The van der Waals surface area contributed by atoms with E-state index < -0.39 is 0 Å². The number of aromatic nitrogens is 2. The number of amides is 1. The van der Waals surface area contributed by atoms with Crippen LogP contribution >= 0.6 is 0 Å². The molecule has 0 radical (unpaired) electrons. The van der Waals surface area contributed by atoms with Crippen molar-refractivity contribution in [2.24, 2.45) is 5.92 Å². The average Bonchev–Trinajstić information content (AvgIpc) is 2.76. The molecule has 0 unspecified atom stereocenters. The van der Waals surface area contributed by atoms with Crippen molar-refractivity contribution in [3.05, 3.63) is 72.0 Å². The molecule has 1 N–H and O–H groups in total. The molecule has 1 aromatic heterocycles. The molecule has 1 aliphatic rings. The third-order valence-electron chi connectivity index (χ3n) is 5.30. The van der Waals surface area contributed by atoms with Crippen LogP contribution in [-0.4, -0.2) is 29.2 Å². The molecule has 5 nitrogen and oxygen atoms in total. The Bertz CT molecular complexity index is 989. The first kappa shape index (κ1) is 19.1. The minimum atomic E-state index is -0.320. The lowest BCUT2D eigenvalue weighted by atomic mass is 9.97. The highest BCUT2D eigenvalue weighted by atomic mass is 19.1. The number of nitrogens with one attached hydrogen (secondary N) is 1. The van der Waals surface area contributed by atoms with Crippen molar-refractivity contribution in [3.8, 4) is 11.3 Å². The number of anilines is 2. The lowest BCUT2D eigenvalue weighted by Crippen LogP contribution is -2.41. The predicted octanol–water partition coefficient (Wildman–Crippen LogP) is 4.45. The van der Waals surface area contributed by atoms with Crippen LogP contribution in [0.25, 0.3) is 11.3 Å². The zero-order valence-electron chi connectivity index (χ0n) is 16.3. The molecule has 0 saturated carbocycles. The molecule has 6 heteroatoms. The van der Waals surface area contributed by atoms with E-state index in [-0.39, 0.29) is 17.6 Å². The van der Waals surface area contributed by atoms with Gasteiger partial charge in [-0.15, -0.1) is 10.2 Å². The molecule has 0 bridgehead atoms. The van der Waals surface area contributed by atoms with Crippen LogP contribution in [0.3, 0.4) is 0 Å². The van der Waals surface area contributed by atoms with Crippen LogP contribution in [0.4, 0.5) is 15.9 Å². The summed E-state index contributed by atoms with van der Waals surface area (Å²) in [6.07, 6.45) is 1.72. The quantitative estimate of drug-likeness (QED) is 0.715. The predicted molar refractivity (Wildman–Crippen MR) is 112 cm³/mol. The van der Waals surface area contributed by atoms with E-state index in [2.05, 4.69) is 33.4 Å². The Morgan fingerprint density at radius 1 is 1.07 bits per heavy atom. The van der Waals surface area contributed by atoms with Crippen LogP contribution in [0, 0.1) is 18.7 Å². The van der Waals surface area contributed by atoms with E-state index in [0.29, 0.717) is 12.2 Å². The molecule has 0 aliphatic carbocycles. The van der Waals surface area contributed by atoms with E-state index in [1.54, 1.807) is 12.1 Å². The molecule has 3 aromatic rings. The maximum absolute atomic E-state index is 13.0. The summed E-state index contributed by atoms with van der Waals surface area (Å²) in [5.41, 5.74) is 3.68. The number of carbonyl (C=O) groups excluding carboxylic acids is 1. The number of benzene rings is 2. The van der Waals surface area contributed by atoms with Gasteiger partial charge in [0, 0.05) is 24.3 Å². The van der Waals surface area contributed by atoms with Crippen molar-refractivity contribution in [2.45, 2.75) is 19.8 Å². The standard InChI is InChI=1S/C23H23FN4O/c1-16-5-2-3-7-20(16)21-12-13-22(27-26-21)28-14-4-6-17(15-28)23(29)25-19-10-8-18(24)9-11-19/h2-3,5,7-13,17H,4,6,14-15H2,1H3,(H,25,29)/t17-/m0/s1. The van der Waals surface area contributed by atoms with E-state index in [0.717, 1.165) is 42.0 Å². The number of aryl methyl sites for hydroxylation is 1. The largest absolute Gasteiger partial charge is 0.354 e. The highest BCUT2D eigenvalue weighted by molar-refractivity contribution is 5.93. The Kier molecular flexibility index (Phi) is 5.51. The van der Waals surface area contributed by atoms with Gasteiger partial charge in [0.1, 0.15) is 5.82 Å². The van der Waals surface area contributed by atoms with Crippen molar-refractivity contribution in [3.63, 3.8) is 0 Å². The van der Waals surface area contributed by atoms with Crippen LogP contribution < -0.4 is 10.2 Å². The van der Waals surface area contributed by atoms with E-state index in [9.17, 15) is 9.18 Å². The third kappa shape index (κ3) is 4.42. The Morgan fingerprint density at radius 3 is 2.59 bits per heavy atom. The Morgan fingerprint density at radius 2 is 1.86 bits per heavy atom. The van der Waals surface area contributed by atoms with E-state index in [4.69, 9.17) is 0 Å². The second-order valence-electron chi connectivity index (χ2n) is 7.37. The summed E-state index contributed by atoms with van der Waals surface area (Å²) in [5.74, 6) is 0.263. The van der Waals surface area contributed by atoms with Crippen LogP contribution in [0.1, 0.15) is 18.4 Å². The van der Waals surface area contributed by atoms with Gasteiger partial charge in [-0.1, -0.05) is 24.3 Å². The van der Waals surface area contributed by atoms with Crippen LogP contribution in [0.5, 0.6) is 0 Å². The average molecular weight is 390 g/mol. The van der Waals surface area contributed by atoms with Crippen molar-refractivity contribution in [1.29, 1.82) is 0 Å². The van der Waals surface area contributed by atoms with Crippen LogP contribution in [0.15, 0.2) is 60.7 Å². The van der Waals surface area contributed by atoms with E-state index >= 15 is 0 Å². The summed E-state index contributed by atoms with van der Waals surface area (Å²) >= 11 is 0. The van der Waals surface area contributed by atoms with Crippen molar-refractivity contribution >= 4 is 17.4 Å². The molecule has 1 atom stereocenters. The molecule has 0 spiro atoms. The molecule has 1 saturated heterocycles. The number of hydrogen-bond acceptors (Lipinski definition) is 4. The fraction of sp³-hybridized carbons (Fsp3) is 0.261. The monoisotopic (exact) mass is 390 g/mol. The number of carbonyl (C=O) groups is 1. The van der Waals surface area contributed by atoms with Gasteiger partial charge in [0.2, 0.25) is 5.91 Å². The lowest BCUT2D eigenvalue weighted by molar-refractivity contribution is -0.120. The zero-order chi connectivity index (χ0) is 20.2. The van der Waals surface area contributed by atoms with Gasteiger partial charge in [-0.3, -0.25) is 4.79 Å². The van der Waals surface area contributed by atoms with E-state index in [1.807, 2.05) is 30.3 Å². The second-order valence-corrected chi connectivity index (χ2v) is 7.37. The van der Waals surface area contributed by atoms with Gasteiger partial charge in [-0.25, -0.2) is 4.39 Å².